The van der Waals surface area contributed by atoms with Gasteiger partial charge in [0.1, 0.15) is 12.4 Å². The number of carboxylic acids is 2. The fourth-order valence-corrected chi connectivity index (χ4v) is 3.42. The van der Waals surface area contributed by atoms with E-state index in [4.69, 9.17) is 24.5 Å². The molecule has 1 aliphatic rings. The Bertz CT molecular complexity index is 535. The topological polar surface area (TPSA) is 95.9 Å². The van der Waals surface area contributed by atoms with Crippen molar-refractivity contribution in [2.24, 2.45) is 0 Å². The van der Waals surface area contributed by atoms with Gasteiger partial charge in [0.15, 0.2) is 0 Å². The molecule has 0 radical (unpaired) electrons. The minimum Gasteiger partial charge on any atom is -0.491 e. The van der Waals surface area contributed by atoms with Gasteiger partial charge in [-0.1, -0.05) is 18.9 Å². The van der Waals surface area contributed by atoms with Gasteiger partial charge in [0.25, 0.3) is 0 Å². The number of nitrogens with one attached hydrogen (secondary N) is 1. The number of carbonyl (C=O) groups is 2. The number of benzene rings is 1. The monoisotopic (exact) mass is 401 g/mol. The van der Waals surface area contributed by atoms with Gasteiger partial charge < -0.3 is 20.3 Å². The molecule has 1 aliphatic carbocycles. The van der Waals surface area contributed by atoms with Crippen LogP contribution < -0.4 is 10.1 Å². The molecule has 1 saturated carbocycles. The predicted molar refractivity (Wildman–Crippen MR) is 94.6 cm³/mol. The molecule has 0 amide bonds. The van der Waals surface area contributed by atoms with E-state index in [-0.39, 0.29) is 0 Å². The zero-order valence-electron chi connectivity index (χ0n) is 14.0. The van der Waals surface area contributed by atoms with Crippen LogP contribution in [0.4, 0.5) is 0 Å². The van der Waals surface area contributed by atoms with E-state index in [9.17, 15) is 0 Å². The van der Waals surface area contributed by atoms with E-state index in [2.05, 4.69) is 47.2 Å². The summed E-state index contributed by atoms with van der Waals surface area (Å²) in [6.45, 7) is 5.87. The van der Waals surface area contributed by atoms with Crippen molar-refractivity contribution in [3.8, 4) is 5.75 Å². The number of ether oxygens (including phenoxy) is 1. The molecular weight excluding hydrogens is 378 g/mol. The van der Waals surface area contributed by atoms with Gasteiger partial charge in [-0.15, -0.1) is 0 Å². The number of aryl methyl sites for hydroxylation is 2. The number of rotatable bonds is 5. The summed E-state index contributed by atoms with van der Waals surface area (Å²) in [6.07, 6.45) is 5.41. The molecule has 0 aliphatic heterocycles. The molecular formula is C17H24BrNO5. The van der Waals surface area contributed by atoms with Crippen molar-refractivity contribution < 1.29 is 24.5 Å². The van der Waals surface area contributed by atoms with Crippen molar-refractivity contribution in [2.45, 2.75) is 45.6 Å². The van der Waals surface area contributed by atoms with Gasteiger partial charge in [-0.2, -0.15) is 0 Å². The SMILES string of the molecule is Cc1cc(C)c(OCCNC2CCCC2)c(Br)c1.O=C(O)C(=O)O. The maximum Gasteiger partial charge on any atom is 0.414 e. The number of hydrogen-bond acceptors (Lipinski definition) is 4. The first-order valence-corrected chi connectivity index (χ1v) is 8.69. The molecule has 0 heterocycles. The van der Waals surface area contributed by atoms with E-state index in [1.807, 2.05) is 0 Å². The minimum atomic E-state index is -1.82. The third-order valence-corrected chi connectivity index (χ3v) is 4.28. The molecule has 134 valence electrons. The van der Waals surface area contributed by atoms with Gasteiger partial charge in [0.05, 0.1) is 4.47 Å². The lowest BCUT2D eigenvalue weighted by molar-refractivity contribution is -0.159. The zero-order valence-corrected chi connectivity index (χ0v) is 15.6. The van der Waals surface area contributed by atoms with Crippen LogP contribution >= 0.6 is 15.9 Å². The molecule has 1 fully saturated rings. The minimum absolute atomic E-state index is 0.719. The molecule has 1 aromatic carbocycles. The quantitative estimate of drug-likeness (QED) is 0.517. The third-order valence-electron chi connectivity index (χ3n) is 3.69. The van der Waals surface area contributed by atoms with E-state index in [1.165, 1.54) is 36.8 Å². The summed E-state index contributed by atoms with van der Waals surface area (Å²) < 4.78 is 6.93. The first kappa shape index (κ1) is 20.4. The molecule has 0 unspecified atom stereocenters. The van der Waals surface area contributed by atoms with E-state index in [0.717, 1.165) is 29.4 Å². The van der Waals surface area contributed by atoms with Crippen LogP contribution in [0.1, 0.15) is 36.8 Å². The average molecular weight is 402 g/mol. The largest absolute Gasteiger partial charge is 0.491 e. The second kappa shape index (κ2) is 10.3. The first-order valence-electron chi connectivity index (χ1n) is 7.90. The van der Waals surface area contributed by atoms with Gasteiger partial charge in [-0.3, -0.25) is 0 Å². The lowest BCUT2D eigenvalue weighted by atomic mass is 10.1. The van der Waals surface area contributed by atoms with Gasteiger partial charge in [-0.05, 0) is 59.8 Å². The van der Waals surface area contributed by atoms with Crippen LogP contribution in [0.5, 0.6) is 5.75 Å². The number of carboxylic acid groups (broad SMARTS) is 2. The Morgan fingerprint density at radius 1 is 1.21 bits per heavy atom. The molecule has 0 atom stereocenters. The van der Waals surface area contributed by atoms with Crippen molar-refractivity contribution >= 4 is 27.9 Å². The molecule has 1 aromatic rings. The van der Waals surface area contributed by atoms with Crippen molar-refractivity contribution in [2.75, 3.05) is 13.2 Å². The van der Waals surface area contributed by atoms with Crippen LogP contribution in [0, 0.1) is 13.8 Å². The summed E-state index contributed by atoms with van der Waals surface area (Å²) in [5.41, 5.74) is 2.46. The molecule has 0 aromatic heterocycles. The summed E-state index contributed by atoms with van der Waals surface area (Å²) in [4.78, 5) is 18.2. The Hall–Kier alpha value is -1.60. The van der Waals surface area contributed by atoms with E-state index < -0.39 is 11.9 Å². The van der Waals surface area contributed by atoms with Crippen LogP contribution in [0.25, 0.3) is 0 Å². The summed E-state index contributed by atoms with van der Waals surface area (Å²) in [5, 5.41) is 18.3. The standard InChI is InChI=1S/C15H22BrNO.C2H2O4/c1-11-9-12(2)15(14(16)10-11)18-8-7-17-13-5-3-4-6-13;3-1(4)2(5)6/h9-10,13,17H,3-8H2,1-2H3;(H,3,4)(H,5,6). The molecule has 24 heavy (non-hydrogen) atoms. The van der Waals surface area contributed by atoms with Crippen LogP contribution in [0.3, 0.4) is 0 Å². The lowest BCUT2D eigenvalue weighted by Gasteiger charge is -2.15. The molecule has 0 spiro atoms. The van der Waals surface area contributed by atoms with E-state index in [1.54, 1.807) is 0 Å². The third kappa shape index (κ3) is 7.31. The number of halogens is 1. The zero-order chi connectivity index (χ0) is 18.1. The highest BCUT2D eigenvalue weighted by Gasteiger charge is 2.13. The fraction of sp³-hybridized carbons (Fsp3) is 0.529. The number of aliphatic carboxylic acids is 2. The summed E-state index contributed by atoms with van der Waals surface area (Å²) in [6, 6.07) is 4.98. The van der Waals surface area contributed by atoms with E-state index >= 15 is 0 Å². The molecule has 6 nitrogen and oxygen atoms in total. The average Bonchev–Trinajstić information content (AvgIpc) is 2.99. The van der Waals surface area contributed by atoms with Gasteiger partial charge in [0, 0.05) is 12.6 Å². The molecule has 0 saturated heterocycles. The highest BCUT2D eigenvalue weighted by molar-refractivity contribution is 9.10. The van der Waals surface area contributed by atoms with Gasteiger partial charge in [-0.25, -0.2) is 9.59 Å². The Balaban J connectivity index is 0.000000413. The van der Waals surface area contributed by atoms with Crippen LogP contribution in [-0.2, 0) is 9.59 Å². The highest BCUT2D eigenvalue weighted by atomic mass is 79.9. The first-order chi connectivity index (χ1) is 11.3. The summed E-state index contributed by atoms with van der Waals surface area (Å²) in [5.74, 6) is -2.67. The Morgan fingerprint density at radius 3 is 2.29 bits per heavy atom. The molecule has 3 N–H and O–H groups in total. The Kier molecular flexibility index (Phi) is 8.78. The predicted octanol–water partition coefficient (Wildman–Crippen LogP) is 3.13. The Morgan fingerprint density at radius 2 is 1.79 bits per heavy atom. The van der Waals surface area contributed by atoms with E-state index in [0.29, 0.717) is 0 Å². The Labute approximate surface area is 150 Å². The maximum absolute atomic E-state index is 9.10. The van der Waals surface area contributed by atoms with Crippen LogP contribution in [-0.4, -0.2) is 41.3 Å². The smallest absolute Gasteiger partial charge is 0.414 e. The van der Waals surface area contributed by atoms with Gasteiger partial charge >= 0.3 is 11.9 Å². The summed E-state index contributed by atoms with van der Waals surface area (Å²) in [7, 11) is 0. The normalized spacial score (nSPS) is 14.0. The molecule has 0 bridgehead atoms. The second-order valence-electron chi connectivity index (χ2n) is 5.79. The summed E-state index contributed by atoms with van der Waals surface area (Å²) >= 11 is 3.57. The fourth-order valence-electron chi connectivity index (χ4n) is 2.63. The second-order valence-corrected chi connectivity index (χ2v) is 6.64. The van der Waals surface area contributed by atoms with Crippen molar-refractivity contribution in [3.05, 3.63) is 27.7 Å². The highest BCUT2D eigenvalue weighted by Crippen LogP contribution is 2.30. The van der Waals surface area contributed by atoms with Crippen molar-refractivity contribution in [3.63, 3.8) is 0 Å². The van der Waals surface area contributed by atoms with Crippen LogP contribution in [0.2, 0.25) is 0 Å². The van der Waals surface area contributed by atoms with Crippen molar-refractivity contribution in [1.29, 1.82) is 0 Å². The maximum atomic E-state index is 9.10. The molecule has 7 heteroatoms. The number of hydrogen-bond donors (Lipinski definition) is 3. The van der Waals surface area contributed by atoms with Crippen LogP contribution in [0.15, 0.2) is 16.6 Å². The molecule has 2 rings (SSSR count). The lowest BCUT2D eigenvalue weighted by Crippen LogP contribution is -2.30. The van der Waals surface area contributed by atoms with Gasteiger partial charge in [0.2, 0.25) is 0 Å². The van der Waals surface area contributed by atoms with Crippen molar-refractivity contribution in [1.82, 2.24) is 5.32 Å².